The first-order valence-electron chi connectivity index (χ1n) is 17.5. The number of nitrogens with zero attached hydrogens (tertiary/aromatic N) is 6. The van der Waals surface area contributed by atoms with Gasteiger partial charge in [-0.15, -0.1) is 0 Å². The Labute approximate surface area is 303 Å². The molecule has 2 aliphatic heterocycles. The van der Waals surface area contributed by atoms with E-state index in [1.807, 2.05) is 4.90 Å². The summed E-state index contributed by atoms with van der Waals surface area (Å²) in [5, 5.41) is 3.60. The number of esters is 1. The zero-order valence-electron chi connectivity index (χ0n) is 29.5. The number of carbonyl (C=O) groups is 2. The van der Waals surface area contributed by atoms with Gasteiger partial charge in [0.25, 0.3) is 11.5 Å². The number of hydrogen-bond acceptors (Lipinski definition) is 11. The number of pyridine rings is 2. The van der Waals surface area contributed by atoms with Crippen molar-refractivity contribution in [2.24, 2.45) is 7.05 Å². The smallest absolute Gasteiger partial charge is 0.335 e. The predicted octanol–water partition coefficient (Wildman–Crippen LogP) is 2.13. The Bertz CT molecular complexity index is 2270. The molecular formula is C38H40FN7O7. The summed E-state index contributed by atoms with van der Waals surface area (Å²) in [6.45, 7) is 7.08. The van der Waals surface area contributed by atoms with E-state index >= 15 is 4.39 Å². The van der Waals surface area contributed by atoms with Crippen molar-refractivity contribution in [1.82, 2.24) is 29.3 Å². The number of benzene rings is 2. The molecular weight excluding hydrogens is 685 g/mol. The highest BCUT2D eigenvalue weighted by molar-refractivity contribution is 5.99. The van der Waals surface area contributed by atoms with Crippen molar-refractivity contribution in [3.8, 4) is 5.69 Å². The van der Waals surface area contributed by atoms with Crippen molar-refractivity contribution in [3.63, 3.8) is 0 Å². The molecule has 2 aromatic carbocycles. The number of aryl methyl sites for hydroxylation is 2. The van der Waals surface area contributed by atoms with Crippen molar-refractivity contribution < 1.29 is 28.2 Å². The van der Waals surface area contributed by atoms with E-state index in [0.717, 1.165) is 4.57 Å². The number of halogens is 1. The van der Waals surface area contributed by atoms with Gasteiger partial charge in [0.05, 0.1) is 60.3 Å². The fourth-order valence-corrected chi connectivity index (χ4v) is 6.94. The van der Waals surface area contributed by atoms with Crippen LogP contribution < -0.4 is 21.5 Å². The van der Waals surface area contributed by atoms with Crippen LogP contribution in [0.5, 0.6) is 0 Å². The fourth-order valence-electron chi connectivity index (χ4n) is 6.94. The van der Waals surface area contributed by atoms with E-state index in [0.29, 0.717) is 97.8 Å². The quantitative estimate of drug-likeness (QED) is 0.211. The molecule has 2 fully saturated rings. The number of morpholine rings is 2. The lowest BCUT2D eigenvalue weighted by atomic mass is 9.99. The molecule has 14 nitrogen and oxygen atoms in total. The van der Waals surface area contributed by atoms with Crippen LogP contribution in [0.25, 0.3) is 27.5 Å². The zero-order valence-corrected chi connectivity index (χ0v) is 29.5. The molecule has 3 aromatic heterocycles. The lowest BCUT2D eigenvalue weighted by molar-refractivity contribution is -0.146. The van der Waals surface area contributed by atoms with Gasteiger partial charge in [0.2, 0.25) is 0 Å². The van der Waals surface area contributed by atoms with E-state index in [-0.39, 0.29) is 24.3 Å². The molecule has 1 N–H and O–H groups in total. The summed E-state index contributed by atoms with van der Waals surface area (Å²) in [5.74, 6) is -2.16. The molecule has 1 amide bonds. The largest absolute Gasteiger partial charge is 0.463 e. The molecule has 15 heteroatoms. The van der Waals surface area contributed by atoms with Crippen molar-refractivity contribution in [1.29, 1.82) is 0 Å². The summed E-state index contributed by atoms with van der Waals surface area (Å²) in [6, 6.07) is 10.2. The highest BCUT2D eigenvalue weighted by Crippen LogP contribution is 2.26. The minimum atomic E-state index is -1.22. The monoisotopic (exact) mass is 725 g/mol. The van der Waals surface area contributed by atoms with Gasteiger partial charge in [-0.2, -0.15) is 0 Å². The molecule has 0 aliphatic carbocycles. The number of anilines is 1. The predicted molar refractivity (Wildman–Crippen MR) is 195 cm³/mol. The molecule has 0 saturated carbocycles. The highest BCUT2D eigenvalue weighted by Gasteiger charge is 2.28. The fraction of sp³-hybridized carbons (Fsp3) is 0.368. The third-order valence-corrected chi connectivity index (χ3v) is 9.80. The number of ether oxygens (including phenoxy) is 3. The van der Waals surface area contributed by atoms with Gasteiger partial charge in [-0.05, 0) is 48.4 Å². The summed E-state index contributed by atoms with van der Waals surface area (Å²) < 4.78 is 34.6. The molecule has 0 bridgehead atoms. The number of fused-ring (bicyclic) bond motifs is 2. The Morgan fingerprint density at radius 2 is 1.74 bits per heavy atom. The van der Waals surface area contributed by atoms with Gasteiger partial charge in [0, 0.05) is 69.7 Å². The zero-order chi connectivity index (χ0) is 37.1. The summed E-state index contributed by atoms with van der Waals surface area (Å²) in [5.41, 5.74) is 1.34. The summed E-state index contributed by atoms with van der Waals surface area (Å²) in [6.07, 6.45) is 4.44. The van der Waals surface area contributed by atoms with Gasteiger partial charge in [-0.3, -0.25) is 29.0 Å². The average molecular weight is 726 g/mol. The lowest BCUT2D eigenvalue weighted by Gasteiger charge is -2.29. The van der Waals surface area contributed by atoms with Crippen LogP contribution in [0.4, 0.5) is 10.1 Å². The van der Waals surface area contributed by atoms with Crippen molar-refractivity contribution >= 4 is 39.4 Å². The Kier molecular flexibility index (Phi) is 10.6. The van der Waals surface area contributed by atoms with Gasteiger partial charge in [0.1, 0.15) is 18.5 Å². The Morgan fingerprint density at radius 3 is 2.49 bits per heavy atom. The third-order valence-electron chi connectivity index (χ3n) is 9.80. The van der Waals surface area contributed by atoms with E-state index in [1.54, 1.807) is 56.6 Å². The summed E-state index contributed by atoms with van der Waals surface area (Å²) in [7, 11) is 1.56. The maximum atomic E-state index is 15.7. The maximum absolute atomic E-state index is 15.7. The molecule has 2 aliphatic rings. The van der Waals surface area contributed by atoms with Crippen LogP contribution >= 0.6 is 0 Å². The molecule has 276 valence electrons. The summed E-state index contributed by atoms with van der Waals surface area (Å²) in [4.78, 5) is 67.5. The molecule has 7 rings (SSSR count). The topological polar surface area (TPSA) is 150 Å². The number of rotatable bonds is 10. The van der Waals surface area contributed by atoms with Gasteiger partial charge in [-0.25, -0.2) is 18.5 Å². The molecule has 0 spiro atoms. The second-order valence-electron chi connectivity index (χ2n) is 13.1. The van der Waals surface area contributed by atoms with E-state index in [4.69, 9.17) is 14.2 Å². The van der Waals surface area contributed by atoms with Crippen LogP contribution in [0.15, 0.2) is 70.6 Å². The van der Waals surface area contributed by atoms with Gasteiger partial charge in [-0.1, -0.05) is 12.1 Å². The molecule has 2 saturated heterocycles. The molecule has 53 heavy (non-hydrogen) atoms. The van der Waals surface area contributed by atoms with E-state index in [9.17, 15) is 19.2 Å². The molecule has 0 unspecified atom stereocenters. The van der Waals surface area contributed by atoms with E-state index < -0.39 is 35.0 Å². The Hall–Kier alpha value is -5.51. The highest BCUT2D eigenvalue weighted by atomic mass is 19.1. The van der Waals surface area contributed by atoms with Crippen molar-refractivity contribution in [2.75, 3.05) is 70.7 Å². The number of amides is 1. The second kappa shape index (κ2) is 15.6. The van der Waals surface area contributed by atoms with Crippen LogP contribution in [-0.4, -0.2) is 108 Å². The van der Waals surface area contributed by atoms with Crippen LogP contribution in [0.2, 0.25) is 0 Å². The second-order valence-corrected chi connectivity index (χ2v) is 13.1. The van der Waals surface area contributed by atoms with Crippen LogP contribution in [0.3, 0.4) is 0 Å². The van der Waals surface area contributed by atoms with E-state index in [1.165, 1.54) is 23.0 Å². The first-order valence-corrected chi connectivity index (χ1v) is 17.5. The van der Waals surface area contributed by atoms with Crippen LogP contribution in [0.1, 0.15) is 21.5 Å². The van der Waals surface area contributed by atoms with Gasteiger partial charge < -0.3 is 24.4 Å². The third kappa shape index (κ3) is 7.40. The molecule has 0 radical (unpaired) electrons. The lowest BCUT2D eigenvalue weighted by Crippen LogP contribution is -2.45. The van der Waals surface area contributed by atoms with Gasteiger partial charge >= 0.3 is 11.7 Å². The Morgan fingerprint density at radius 1 is 0.981 bits per heavy atom. The van der Waals surface area contributed by atoms with Crippen molar-refractivity contribution in [3.05, 3.63) is 104 Å². The van der Waals surface area contributed by atoms with E-state index in [2.05, 4.69) is 20.2 Å². The molecule has 5 aromatic rings. The number of aromatic nitrogens is 4. The normalized spacial score (nSPS) is 15.8. The average Bonchev–Trinajstić information content (AvgIpc) is 3.18. The summed E-state index contributed by atoms with van der Waals surface area (Å²) >= 11 is 0. The standard InChI is InChI=1S/C38H40FN7O7/c1-24-20-26(45-13-17-52-18-14-45)22-29(39)33(24)35(47)42-30(37(49)53-19-12-44-10-15-51-16-11-44)21-25-5-6-31(34-27(25)4-3-8-41-34)46-36(48)28-7-9-40-23-32(28)43(2)38(46)50/h3-9,20,22-23,30H,10-19,21H2,1-2H3,(H,42,47)/t30-/m0/s1. The Balaban J connectivity index is 1.21. The number of carbonyl (C=O) groups excluding carboxylic acids is 2. The maximum Gasteiger partial charge on any atom is 0.335 e. The van der Waals surface area contributed by atoms with Gasteiger partial charge in [0.15, 0.2) is 0 Å². The number of hydrogen-bond donors (Lipinski definition) is 1. The SMILES string of the molecule is Cc1cc(N2CCOCC2)cc(F)c1C(=O)N[C@@H](Cc1ccc(-n2c(=O)c3ccncc3n(C)c2=O)c2ncccc12)C(=O)OCCN1CCOCC1. The minimum Gasteiger partial charge on any atom is -0.463 e. The first-order chi connectivity index (χ1) is 25.7. The molecule has 1 atom stereocenters. The first kappa shape index (κ1) is 35.9. The van der Waals surface area contributed by atoms with Crippen LogP contribution in [-0.2, 0) is 32.5 Å². The minimum absolute atomic E-state index is 0.0482. The van der Waals surface area contributed by atoms with Crippen molar-refractivity contribution in [2.45, 2.75) is 19.4 Å². The molecule has 5 heterocycles. The van der Waals surface area contributed by atoms with Crippen LogP contribution in [0, 0.1) is 12.7 Å². The number of nitrogens with one attached hydrogen (secondary N) is 1.